The number of aromatic nitrogens is 2. The van der Waals surface area contributed by atoms with Crippen molar-refractivity contribution in [2.24, 2.45) is 7.05 Å². The van der Waals surface area contributed by atoms with Gasteiger partial charge in [-0.2, -0.15) is 0 Å². The van der Waals surface area contributed by atoms with Crippen LogP contribution in [0, 0.1) is 12.3 Å². The minimum Gasteiger partial charge on any atom is -0.302 e. The van der Waals surface area contributed by atoms with Gasteiger partial charge in [-0.1, -0.05) is 5.92 Å². The Bertz CT molecular complexity index is 313. The fraction of sp³-hybridized carbons (Fsp3) is 0.286. The van der Waals surface area contributed by atoms with E-state index in [1.807, 2.05) is 0 Å². The Morgan fingerprint density at radius 3 is 2.80 bits per heavy atom. The summed E-state index contributed by atoms with van der Waals surface area (Å²) in [6.07, 6.45) is 8.37. The molecule has 0 bridgehead atoms. The van der Waals surface area contributed by atoms with E-state index in [0.29, 0.717) is 6.54 Å². The SMILES string of the molecule is C#CCn1ccn(C)c1=O. The maximum Gasteiger partial charge on any atom is 0.328 e. The van der Waals surface area contributed by atoms with Crippen LogP contribution >= 0.6 is 0 Å². The lowest BCUT2D eigenvalue weighted by molar-refractivity contribution is 0.741. The molecule has 0 unspecified atom stereocenters. The summed E-state index contributed by atoms with van der Waals surface area (Å²) in [4.78, 5) is 11.0. The van der Waals surface area contributed by atoms with Crippen molar-refractivity contribution in [3.8, 4) is 12.3 Å². The van der Waals surface area contributed by atoms with Crippen molar-refractivity contribution in [2.45, 2.75) is 6.54 Å². The first-order valence-electron chi connectivity index (χ1n) is 2.91. The van der Waals surface area contributed by atoms with E-state index >= 15 is 0 Å². The van der Waals surface area contributed by atoms with Gasteiger partial charge >= 0.3 is 5.69 Å². The van der Waals surface area contributed by atoms with Crippen molar-refractivity contribution in [1.29, 1.82) is 0 Å². The van der Waals surface area contributed by atoms with Crippen LogP contribution in [0.25, 0.3) is 0 Å². The molecule has 0 radical (unpaired) electrons. The number of imidazole rings is 1. The second-order valence-corrected chi connectivity index (χ2v) is 2.02. The summed E-state index contributed by atoms with van der Waals surface area (Å²) >= 11 is 0. The van der Waals surface area contributed by atoms with Crippen LogP contribution in [0.5, 0.6) is 0 Å². The van der Waals surface area contributed by atoms with E-state index in [1.165, 1.54) is 9.13 Å². The maximum atomic E-state index is 11.0. The number of nitrogens with zero attached hydrogens (tertiary/aromatic N) is 2. The number of rotatable bonds is 1. The largest absolute Gasteiger partial charge is 0.328 e. The maximum absolute atomic E-state index is 11.0. The number of hydrogen-bond donors (Lipinski definition) is 0. The average molecular weight is 136 g/mol. The molecule has 0 aromatic carbocycles. The van der Waals surface area contributed by atoms with E-state index in [-0.39, 0.29) is 5.69 Å². The molecule has 0 fully saturated rings. The van der Waals surface area contributed by atoms with Crippen molar-refractivity contribution in [3.05, 3.63) is 22.9 Å². The second-order valence-electron chi connectivity index (χ2n) is 2.02. The lowest BCUT2D eigenvalue weighted by Gasteiger charge is -1.89. The molecule has 3 nitrogen and oxygen atoms in total. The van der Waals surface area contributed by atoms with Gasteiger partial charge in [0.05, 0.1) is 6.54 Å². The third kappa shape index (κ3) is 0.960. The lowest BCUT2D eigenvalue weighted by Crippen LogP contribution is -2.21. The Hall–Kier alpha value is -1.43. The first kappa shape index (κ1) is 6.69. The van der Waals surface area contributed by atoms with Gasteiger partial charge in [0.15, 0.2) is 0 Å². The highest BCUT2D eigenvalue weighted by atomic mass is 16.1. The quantitative estimate of drug-likeness (QED) is 0.492. The number of terminal acetylenes is 1. The van der Waals surface area contributed by atoms with E-state index in [2.05, 4.69) is 5.92 Å². The van der Waals surface area contributed by atoms with Gasteiger partial charge in [-0.15, -0.1) is 6.42 Å². The van der Waals surface area contributed by atoms with Crippen LogP contribution < -0.4 is 5.69 Å². The van der Waals surface area contributed by atoms with Gasteiger partial charge in [-0.25, -0.2) is 4.79 Å². The average Bonchev–Trinajstić information content (AvgIpc) is 2.20. The molecule has 10 heavy (non-hydrogen) atoms. The van der Waals surface area contributed by atoms with Crippen LogP contribution in [0.1, 0.15) is 0 Å². The summed E-state index contributed by atoms with van der Waals surface area (Å²) in [5, 5.41) is 0. The van der Waals surface area contributed by atoms with Crippen molar-refractivity contribution >= 4 is 0 Å². The van der Waals surface area contributed by atoms with Crippen LogP contribution in [-0.2, 0) is 13.6 Å². The minimum atomic E-state index is -0.0713. The van der Waals surface area contributed by atoms with Gasteiger partial charge in [0.1, 0.15) is 0 Å². The summed E-state index contributed by atoms with van der Waals surface area (Å²) in [6.45, 7) is 0.347. The molecule has 0 saturated carbocycles. The highest BCUT2D eigenvalue weighted by molar-refractivity contribution is 4.89. The molecule has 52 valence electrons. The first-order valence-corrected chi connectivity index (χ1v) is 2.91. The van der Waals surface area contributed by atoms with E-state index in [0.717, 1.165) is 0 Å². The van der Waals surface area contributed by atoms with Gasteiger partial charge in [0.2, 0.25) is 0 Å². The van der Waals surface area contributed by atoms with Gasteiger partial charge < -0.3 is 4.57 Å². The second kappa shape index (κ2) is 2.44. The summed E-state index contributed by atoms with van der Waals surface area (Å²) in [6, 6.07) is 0. The molecule has 0 aliphatic heterocycles. The van der Waals surface area contributed by atoms with Crippen LogP contribution in [0.15, 0.2) is 17.2 Å². The lowest BCUT2D eigenvalue weighted by atomic mass is 10.6. The monoisotopic (exact) mass is 136 g/mol. The zero-order chi connectivity index (χ0) is 7.56. The Kier molecular flexibility index (Phi) is 1.63. The van der Waals surface area contributed by atoms with Crippen LogP contribution in [0.4, 0.5) is 0 Å². The fourth-order valence-electron chi connectivity index (χ4n) is 0.729. The highest BCUT2D eigenvalue weighted by Crippen LogP contribution is 1.79. The van der Waals surface area contributed by atoms with E-state index in [9.17, 15) is 4.79 Å². The summed E-state index contributed by atoms with van der Waals surface area (Å²) in [5.74, 6) is 2.39. The normalized spacial score (nSPS) is 9.20. The number of aryl methyl sites for hydroxylation is 1. The zero-order valence-corrected chi connectivity index (χ0v) is 5.74. The number of hydrogen-bond acceptors (Lipinski definition) is 1. The standard InChI is InChI=1S/C7H8N2O/c1-3-4-9-6-5-8(2)7(9)10/h1,5-6H,4H2,2H3. The first-order chi connectivity index (χ1) is 4.75. The molecule has 1 heterocycles. The summed E-state index contributed by atoms with van der Waals surface area (Å²) in [5.41, 5.74) is -0.0713. The molecule has 1 aromatic heterocycles. The molecule has 0 spiro atoms. The van der Waals surface area contributed by atoms with E-state index < -0.39 is 0 Å². The van der Waals surface area contributed by atoms with E-state index in [4.69, 9.17) is 6.42 Å². The summed E-state index contributed by atoms with van der Waals surface area (Å²) in [7, 11) is 1.69. The Balaban J connectivity index is 3.09. The smallest absolute Gasteiger partial charge is 0.302 e. The predicted octanol–water partition coefficient (Wildman–Crippen LogP) is -0.180. The molecule has 0 aliphatic carbocycles. The van der Waals surface area contributed by atoms with Crippen LogP contribution in [-0.4, -0.2) is 9.13 Å². The molecule has 1 rings (SSSR count). The van der Waals surface area contributed by atoms with Crippen molar-refractivity contribution in [3.63, 3.8) is 0 Å². The Morgan fingerprint density at radius 1 is 1.70 bits per heavy atom. The van der Waals surface area contributed by atoms with Crippen molar-refractivity contribution in [1.82, 2.24) is 9.13 Å². The summed E-state index contributed by atoms with van der Waals surface area (Å²) < 4.78 is 2.96. The molecule has 0 saturated heterocycles. The van der Waals surface area contributed by atoms with Gasteiger partial charge in [0, 0.05) is 19.4 Å². The highest BCUT2D eigenvalue weighted by Gasteiger charge is 1.94. The third-order valence-electron chi connectivity index (χ3n) is 1.28. The van der Waals surface area contributed by atoms with Crippen molar-refractivity contribution in [2.75, 3.05) is 0 Å². The molecule has 0 aliphatic rings. The Morgan fingerprint density at radius 2 is 2.40 bits per heavy atom. The molecule has 3 heteroatoms. The van der Waals surface area contributed by atoms with Gasteiger partial charge in [-0.05, 0) is 0 Å². The molecular weight excluding hydrogens is 128 g/mol. The van der Waals surface area contributed by atoms with Gasteiger partial charge in [0.25, 0.3) is 0 Å². The molecule has 1 aromatic rings. The van der Waals surface area contributed by atoms with Crippen LogP contribution in [0.3, 0.4) is 0 Å². The van der Waals surface area contributed by atoms with E-state index in [1.54, 1.807) is 19.4 Å². The van der Waals surface area contributed by atoms with Crippen molar-refractivity contribution < 1.29 is 0 Å². The zero-order valence-electron chi connectivity index (χ0n) is 5.74. The van der Waals surface area contributed by atoms with Crippen LogP contribution in [0.2, 0.25) is 0 Å². The Labute approximate surface area is 58.9 Å². The topological polar surface area (TPSA) is 26.9 Å². The van der Waals surface area contributed by atoms with Gasteiger partial charge in [-0.3, -0.25) is 4.57 Å². The molecular formula is C7H8N2O. The minimum absolute atomic E-state index is 0.0713. The molecule has 0 N–H and O–H groups in total. The third-order valence-corrected chi connectivity index (χ3v) is 1.28. The molecule has 0 amide bonds. The predicted molar refractivity (Wildman–Crippen MR) is 38.5 cm³/mol. The molecule has 0 atom stereocenters. The fourth-order valence-corrected chi connectivity index (χ4v) is 0.729.